The normalized spacial score (nSPS) is 17.2. The second-order valence-electron chi connectivity index (χ2n) is 10.9. The van der Waals surface area contributed by atoms with E-state index in [0.29, 0.717) is 19.6 Å². The topological polar surface area (TPSA) is 75.6 Å². The lowest BCUT2D eigenvalue weighted by atomic mass is 9.57. The Morgan fingerprint density at radius 2 is 1.97 bits per heavy atom. The lowest BCUT2D eigenvalue weighted by Crippen LogP contribution is -2.65. The first-order valence-corrected chi connectivity index (χ1v) is 13.0. The maximum Gasteiger partial charge on any atom is 0.410 e. The molecule has 0 radical (unpaired) electrons. The fourth-order valence-electron chi connectivity index (χ4n) is 5.06. The Morgan fingerprint density at radius 3 is 2.63 bits per heavy atom. The Morgan fingerprint density at radius 1 is 1.20 bits per heavy atom. The molecule has 35 heavy (non-hydrogen) atoms. The van der Waals surface area contributed by atoms with Crippen LogP contribution in [0.3, 0.4) is 0 Å². The number of likely N-dealkylation sites (tertiary alicyclic amines) is 1. The van der Waals surface area contributed by atoms with E-state index in [1.807, 2.05) is 43.9 Å². The molecule has 1 spiro atoms. The van der Waals surface area contributed by atoms with Gasteiger partial charge in [0.05, 0.1) is 16.8 Å². The standard InChI is InChI=1S/C27H32N4O3S/c1-5-18-8-9-21-22(11-18)35-24(29-21)31(15-19-7-6-10-28-14-19)23(32)20-12-27(13-20)16-30(17-27)25(33)34-26(2,3)4/h6-11,14,20H,5,12-13,15-17H2,1-4H3. The summed E-state index contributed by atoms with van der Waals surface area (Å²) < 4.78 is 6.58. The summed E-state index contributed by atoms with van der Waals surface area (Å²) in [5.41, 5.74) is 2.70. The summed E-state index contributed by atoms with van der Waals surface area (Å²) in [5.74, 6) is 0.0376. The minimum absolute atomic E-state index is 0.0425. The Balaban J connectivity index is 1.30. The minimum Gasteiger partial charge on any atom is -0.444 e. The molecule has 2 amide bonds. The molecule has 0 atom stereocenters. The number of fused-ring (bicyclic) bond motifs is 1. The van der Waals surface area contributed by atoms with E-state index in [9.17, 15) is 9.59 Å². The van der Waals surface area contributed by atoms with Gasteiger partial charge in [0.1, 0.15) is 5.60 Å². The molecule has 1 aliphatic carbocycles. The average Bonchev–Trinajstić information content (AvgIpc) is 3.17. The van der Waals surface area contributed by atoms with Crippen molar-refractivity contribution in [3.8, 4) is 0 Å². The zero-order valence-corrected chi connectivity index (χ0v) is 21.6. The monoisotopic (exact) mass is 492 g/mol. The molecule has 5 rings (SSSR count). The number of anilines is 1. The van der Waals surface area contributed by atoms with E-state index >= 15 is 0 Å². The summed E-state index contributed by atoms with van der Waals surface area (Å²) in [5, 5.41) is 0.729. The molecule has 1 saturated carbocycles. The van der Waals surface area contributed by atoms with Crippen molar-refractivity contribution in [2.75, 3.05) is 18.0 Å². The first-order valence-electron chi connectivity index (χ1n) is 12.2. The molecule has 7 nitrogen and oxygen atoms in total. The second-order valence-corrected chi connectivity index (χ2v) is 11.9. The number of aromatic nitrogens is 2. The molecule has 3 heterocycles. The van der Waals surface area contributed by atoms with Gasteiger partial charge in [0.15, 0.2) is 5.13 Å². The lowest BCUT2D eigenvalue weighted by molar-refractivity contribution is -0.140. The minimum atomic E-state index is -0.500. The van der Waals surface area contributed by atoms with Gasteiger partial charge in [0, 0.05) is 36.8 Å². The quantitative estimate of drug-likeness (QED) is 0.474. The van der Waals surface area contributed by atoms with Gasteiger partial charge >= 0.3 is 6.09 Å². The van der Waals surface area contributed by atoms with Crippen LogP contribution in [-0.2, 0) is 22.5 Å². The van der Waals surface area contributed by atoms with Crippen LogP contribution in [0.5, 0.6) is 0 Å². The van der Waals surface area contributed by atoms with Crippen molar-refractivity contribution in [3.05, 3.63) is 53.9 Å². The van der Waals surface area contributed by atoms with Gasteiger partial charge in [-0.3, -0.25) is 14.7 Å². The van der Waals surface area contributed by atoms with Gasteiger partial charge in [-0.05, 0) is 69.4 Å². The number of rotatable bonds is 5. The molecule has 2 fully saturated rings. The molecule has 1 aromatic carbocycles. The maximum absolute atomic E-state index is 13.7. The number of hydrogen-bond acceptors (Lipinski definition) is 6. The molecule has 0 bridgehead atoms. The smallest absolute Gasteiger partial charge is 0.410 e. The first kappa shape index (κ1) is 23.7. The van der Waals surface area contributed by atoms with E-state index < -0.39 is 5.60 Å². The van der Waals surface area contributed by atoms with Crippen LogP contribution in [0.2, 0.25) is 0 Å². The number of thiazole rings is 1. The van der Waals surface area contributed by atoms with Crippen LogP contribution in [0, 0.1) is 11.3 Å². The first-order chi connectivity index (χ1) is 16.6. The van der Waals surface area contributed by atoms with Crippen molar-refractivity contribution in [2.45, 2.75) is 59.1 Å². The number of nitrogens with zero attached hydrogens (tertiary/aromatic N) is 4. The third-order valence-electron chi connectivity index (χ3n) is 6.82. The number of amides is 2. The summed E-state index contributed by atoms with van der Waals surface area (Å²) in [4.78, 5) is 38.7. The number of aryl methyl sites for hydroxylation is 1. The van der Waals surface area contributed by atoms with Gasteiger partial charge in [0.2, 0.25) is 5.91 Å². The van der Waals surface area contributed by atoms with Crippen LogP contribution in [0.15, 0.2) is 42.7 Å². The summed E-state index contributed by atoms with van der Waals surface area (Å²) in [6.07, 6.45) is 5.82. The fourth-order valence-corrected chi connectivity index (χ4v) is 6.10. The number of benzene rings is 1. The molecule has 8 heteroatoms. The molecular formula is C27H32N4O3S. The zero-order valence-electron chi connectivity index (χ0n) is 20.8. The summed E-state index contributed by atoms with van der Waals surface area (Å²) in [6.45, 7) is 9.53. The van der Waals surface area contributed by atoms with Gasteiger partial charge in [-0.25, -0.2) is 9.78 Å². The van der Waals surface area contributed by atoms with Crippen molar-refractivity contribution < 1.29 is 14.3 Å². The van der Waals surface area contributed by atoms with Gasteiger partial charge < -0.3 is 9.64 Å². The highest BCUT2D eigenvalue weighted by Crippen LogP contribution is 2.53. The Kier molecular flexibility index (Phi) is 6.03. The van der Waals surface area contributed by atoms with E-state index in [1.165, 1.54) is 5.56 Å². The third kappa shape index (κ3) is 4.89. The molecule has 1 saturated heterocycles. The van der Waals surface area contributed by atoms with Crippen LogP contribution in [-0.4, -0.2) is 45.6 Å². The Labute approximate surface area is 210 Å². The van der Waals surface area contributed by atoms with Crippen LogP contribution in [0.1, 0.15) is 51.7 Å². The summed E-state index contributed by atoms with van der Waals surface area (Å²) >= 11 is 1.57. The predicted octanol–water partition coefficient (Wildman–Crippen LogP) is 5.43. The molecule has 2 aromatic heterocycles. The average molecular weight is 493 g/mol. The van der Waals surface area contributed by atoms with E-state index in [0.717, 1.165) is 40.2 Å². The molecule has 1 aliphatic heterocycles. The van der Waals surface area contributed by atoms with Gasteiger partial charge in [0.25, 0.3) is 0 Å². The van der Waals surface area contributed by atoms with Crippen molar-refractivity contribution in [3.63, 3.8) is 0 Å². The number of carbonyl (C=O) groups excluding carboxylic acids is 2. The molecule has 0 N–H and O–H groups in total. The maximum atomic E-state index is 13.7. The molecule has 2 aliphatic rings. The highest BCUT2D eigenvalue weighted by molar-refractivity contribution is 7.22. The molecule has 184 valence electrons. The number of carbonyl (C=O) groups is 2. The summed E-state index contributed by atoms with van der Waals surface area (Å²) in [7, 11) is 0. The van der Waals surface area contributed by atoms with Crippen molar-refractivity contribution in [1.82, 2.24) is 14.9 Å². The van der Waals surface area contributed by atoms with Gasteiger partial charge in [-0.1, -0.05) is 30.4 Å². The molecule has 0 unspecified atom stereocenters. The summed E-state index contributed by atoms with van der Waals surface area (Å²) in [6, 6.07) is 10.2. The van der Waals surface area contributed by atoms with Crippen molar-refractivity contribution in [1.29, 1.82) is 0 Å². The highest BCUT2D eigenvalue weighted by atomic mass is 32.1. The number of pyridine rings is 1. The lowest BCUT2D eigenvalue weighted by Gasteiger charge is -2.58. The Hall–Kier alpha value is -3.00. The fraction of sp³-hybridized carbons (Fsp3) is 0.481. The van der Waals surface area contributed by atoms with E-state index in [2.05, 4.69) is 24.0 Å². The molecule has 3 aromatic rings. The number of hydrogen-bond donors (Lipinski definition) is 0. The van der Waals surface area contributed by atoms with Gasteiger partial charge in [-0.2, -0.15) is 0 Å². The second kappa shape index (κ2) is 8.90. The van der Waals surface area contributed by atoms with E-state index in [1.54, 1.807) is 28.6 Å². The van der Waals surface area contributed by atoms with Crippen LogP contribution in [0.4, 0.5) is 9.93 Å². The van der Waals surface area contributed by atoms with Crippen LogP contribution < -0.4 is 4.90 Å². The largest absolute Gasteiger partial charge is 0.444 e. The Bertz CT molecular complexity index is 1240. The third-order valence-corrected chi connectivity index (χ3v) is 7.86. The van der Waals surface area contributed by atoms with E-state index in [4.69, 9.17) is 9.72 Å². The highest BCUT2D eigenvalue weighted by Gasteiger charge is 2.57. The molecular weight excluding hydrogens is 460 g/mol. The van der Waals surface area contributed by atoms with Gasteiger partial charge in [-0.15, -0.1) is 0 Å². The van der Waals surface area contributed by atoms with Crippen LogP contribution >= 0.6 is 11.3 Å². The van der Waals surface area contributed by atoms with Crippen LogP contribution in [0.25, 0.3) is 10.2 Å². The van der Waals surface area contributed by atoms with Crippen molar-refractivity contribution >= 4 is 38.7 Å². The van der Waals surface area contributed by atoms with E-state index in [-0.39, 0.29) is 23.3 Å². The zero-order chi connectivity index (χ0) is 24.8. The SMILES string of the molecule is CCc1ccc2nc(N(Cc3cccnc3)C(=O)C3CC4(C3)CN(C(=O)OC(C)(C)C)C4)sc2c1. The number of ether oxygens (including phenoxy) is 1. The predicted molar refractivity (Wildman–Crippen MR) is 137 cm³/mol. The van der Waals surface area contributed by atoms with Crippen molar-refractivity contribution in [2.24, 2.45) is 11.3 Å².